The van der Waals surface area contributed by atoms with Crippen LogP contribution in [0.15, 0.2) is 95.7 Å². The predicted octanol–water partition coefficient (Wildman–Crippen LogP) is 7.32. The maximum absolute atomic E-state index is 6.35. The molecule has 4 aromatic heterocycles. The summed E-state index contributed by atoms with van der Waals surface area (Å²) in [6.45, 7) is 0. The highest BCUT2D eigenvalue weighted by atomic mass is 16.3. The molecule has 0 saturated heterocycles. The first-order chi connectivity index (χ1) is 18.8. The monoisotopic (exact) mass is 493 g/mol. The number of benzene rings is 3. The minimum Gasteiger partial charge on any atom is -0.461 e. The number of aromatic nitrogens is 5. The van der Waals surface area contributed by atoms with Crippen LogP contribution in [0.3, 0.4) is 0 Å². The number of furan rings is 1. The van der Waals surface area contributed by atoms with Crippen molar-refractivity contribution in [2.75, 3.05) is 0 Å². The van der Waals surface area contributed by atoms with Crippen LogP contribution >= 0.6 is 0 Å². The summed E-state index contributed by atoms with van der Waals surface area (Å²) in [4.78, 5) is 19.4. The van der Waals surface area contributed by atoms with Crippen molar-refractivity contribution in [3.63, 3.8) is 0 Å². The molecule has 1 aliphatic rings. The lowest BCUT2D eigenvalue weighted by Gasteiger charge is -2.11. The zero-order valence-corrected chi connectivity index (χ0v) is 20.6. The molecule has 0 N–H and O–H groups in total. The molecular weight excluding hydrogens is 470 g/mol. The molecule has 0 bridgehead atoms. The lowest BCUT2D eigenvalue weighted by atomic mass is 9.94. The molecule has 0 spiro atoms. The number of nitrogens with zero attached hydrogens (tertiary/aromatic N) is 5. The van der Waals surface area contributed by atoms with Crippen LogP contribution in [0.2, 0.25) is 0 Å². The summed E-state index contributed by atoms with van der Waals surface area (Å²) in [7, 11) is 0. The molecule has 0 unspecified atom stereocenters. The maximum atomic E-state index is 6.35. The van der Waals surface area contributed by atoms with Crippen LogP contribution in [0.1, 0.15) is 24.2 Å². The maximum Gasteiger partial charge on any atom is 0.238 e. The predicted molar refractivity (Wildman–Crippen MR) is 149 cm³/mol. The van der Waals surface area contributed by atoms with E-state index in [0.29, 0.717) is 17.6 Å². The molecule has 0 fully saturated rings. The summed E-state index contributed by atoms with van der Waals surface area (Å²) < 4.78 is 8.49. The van der Waals surface area contributed by atoms with Crippen LogP contribution in [0.4, 0.5) is 0 Å². The van der Waals surface area contributed by atoms with Crippen LogP contribution in [-0.2, 0) is 12.8 Å². The molecule has 0 radical (unpaired) electrons. The summed E-state index contributed by atoms with van der Waals surface area (Å²) >= 11 is 0. The van der Waals surface area contributed by atoms with E-state index in [4.69, 9.17) is 19.4 Å². The number of rotatable bonds is 3. The largest absolute Gasteiger partial charge is 0.461 e. The minimum atomic E-state index is 0.584. The van der Waals surface area contributed by atoms with Crippen molar-refractivity contribution >= 4 is 32.8 Å². The minimum absolute atomic E-state index is 0.584. The van der Waals surface area contributed by atoms with Crippen molar-refractivity contribution in [2.45, 2.75) is 25.7 Å². The van der Waals surface area contributed by atoms with E-state index in [1.165, 1.54) is 23.8 Å². The van der Waals surface area contributed by atoms with Gasteiger partial charge in [0.15, 0.2) is 11.6 Å². The van der Waals surface area contributed by atoms with E-state index in [9.17, 15) is 0 Å². The molecule has 7 aromatic rings. The Balaban J connectivity index is 1.48. The normalized spacial score (nSPS) is 13.4. The Morgan fingerprint density at radius 3 is 2.11 bits per heavy atom. The highest BCUT2D eigenvalue weighted by Gasteiger charge is 2.24. The molecule has 3 aromatic carbocycles. The quantitative estimate of drug-likeness (QED) is 0.258. The number of pyridine rings is 1. The van der Waals surface area contributed by atoms with Crippen molar-refractivity contribution < 1.29 is 4.42 Å². The molecule has 0 atom stereocenters. The summed E-state index contributed by atoms with van der Waals surface area (Å²) in [5.74, 6) is 2.99. The Morgan fingerprint density at radius 2 is 1.37 bits per heavy atom. The van der Waals surface area contributed by atoms with Crippen molar-refractivity contribution in [1.29, 1.82) is 0 Å². The molecule has 0 saturated carbocycles. The Kier molecular flexibility index (Phi) is 4.67. The summed E-state index contributed by atoms with van der Waals surface area (Å²) in [5.41, 5.74) is 6.23. The van der Waals surface area contributed by atoms with E-state index >= 15 is 0 Å². The van der Waals surface area contributed by atoms with Gasteiger partial charge in [0.05, 0.1) is 11.0 Å². The lowest BCUT2D eigenvalue weighted by Crippen LogP contribution is -2.06. The fraction of sp³-hybridized carbons (Fsp3) is 0.125. The molecular formula is C32H23N5O. The molecule has 182 valence electrons. The Hall–Kier alpha value is -4.84. The molecule has 1 aliphatic carbocycles. The van der Waals surface area contributed by atoms with Gasteiger partial charge in [-0.25, -0.2) is 4.98 Å². The van der Waals surface area contributed by atoms with Gasteiger partial charge in [0.1, 0.15) is 11.3 Å². The molecule has 4 heterocycles. The fourth-order valence-corrected chi connectivity index (χ4v) is 5.82. The topological polar surface area (TPSA) is 69.6 Å². The fourth-order valence-electron chi connectivity index (χ4n) is 5.82. The Labute approximate surface area is 218 Å². The molecule has 38 heavy (non-hydrogen) atoms. The van der Waals surface area contributed by atoms with E-state index in [2.05, 4.69) is 21.7 Å². The Bertz CT molecular complexity index is 1910. The molecule has 0 amide bonds. The van der Waals surface area contributed by atoms with Gasteiger partial charge < -0.3 is 4.42 Å². The van der Waals surface area contributed by atoms with E-state index in [1.54, 1.807) is 0 Å². The van der Waals surface area contributed by atoms with Crippen molar-refractivity contribution in [2.24, 2.45) is 0 Å². The number of hydrogen-bond donors (Lipinski definition) is 0. The second kappa shape index (κ2) is 8.35. The second-order valence-electron chi connectivity index (χ2n) is 9.79. The van der Waals surface area contributed by atoms with Crippen molar-refractivity contribution in [1.82, 2.24) is 24.5 Å². The van der Waals surface area contributed by atoms with Gasteiger partial charge in [0.25, 0.3) is 0 Å². The summed E-state index contributed by atoms with van der Waals surface area (Å²) in [6.07, 6.45) is 8.18. The van der Waals surface area contributed by atoms with Crippen LogP contribution in [0, 0.1) is 0 Å². The highest BCUT2D eigenvalue weighted by molar-refractivity contribution is 6.21. The van der Waals surface area contributed by atoms with Crippen LogP contribution in [0.25, 0.3) is 61.5 Å². The lowest BCUT2D eigenvalue weighted by molar-refractivity contribution is 0.506. The van der Waals surface area contributed by atoms with Gasteiger partial charge in [0, 0.05) is 51.7 Å². The van der Waals surface area contributed by atoms with Crippen LogP contribution in [-0.4, -0.2) is 24.5 Å². The third kappa shape index (κ3) is 3.20. The number of fused-ring (bicyclic) bond motifs is 7. The van der Waals surface area contributed by atoms with Gasteiger partial charge in [0.2, 0.25) is 5.95 Å². The van der Waals surface area contributed by atoms with Gasteiger partial charge in [-0.2, -0.15) is 9.97 Å². The number of hydrogen-bond acceptors (Lipinski definition) is 5. The van der Waals surface area contributed by atoms with E-state index in [-0.39, 0.29) is 0 Å². The zero-order valence-electron chi connectivity index (χ0n) is 20.6. The van der Waals surface area contributed by atoms with Crippen LogP contribution < -0.4 is 0 Å². The first-order valence-electron chi connectivity index (χ1n) is 13.0. The smallest absolute Gasteiger partial charge is 0.238 e. The van der Waals surface area contributed by atoms with E-state index < -0.39 is 0 Å². The molecule has 6 heteroatoms. The van der Waals surface area contributed by atoms with E-state index in [1.807, 2.05) is 79.1 Å². The van der Waals surface area contributed by atoms with E-state index in [0.717, 1.165) is 57.1 Å². The second-order valence-corrected chi connectivity index (χ2v) is 9.79. The average Bonchev–Trinajstić information content (AvgIpc) is 3.53. The first kappa shape index (κ1) is 21.3. The molecule has 0 aliphatic heterocycles. The van der Waals surface area contributed by atoms with Gasteiger partial charge in [-0.05, 0) is 37.5 Å². The van der Waals surface area contributed by atoms with Gasteiger partial charge in [-0.1, -0.05) is 60.7 Å². The van der Waals surface area contributed by atoms with Crippen molar-refractivity contribution in [3.05, 3.63) is 103 Å². The summed E-state index contributed by atoms with van der Waals surface area (Å²) in [5, 5.41) is 3.43. The SMILES string of the molecule is c1ccc(-c2nc(-c3ccccc3)nc(-n3c4ccncc4c4c5c6c(oc5ccc43)CCCC6)n2)cc1. The van der Waals surface area contributed by atoms with Gasteiger partial charge >= 0.3 is 0 Å². The number of aryl methyl sites for hydroxylation is 2. The van der Waals surface area contributed by atoms with Crippen molar-refractivity contribution in [3.8, 4) is 28.7 Å². The molecule has 8 rings (SSSR count). The Morgan fingerprint density at radius 1 is 0.658 bits per heavy atom. The third-order valence-corrected chi connectivity index (χ3v) is 7.53. The van der Waals surface area contributed by atoms with Gasteiger partial charge in [-0.3, -0.25) is 9.55 Å². The molecule has 6 nitrogen and oxygen atoms in total. The summed E-state index contributed by atoms with van der Waals surface area (Å²) in [6, 6.07) is 26.4. The van der Waals surface area contributed by atoms with Gasteiger partial charge in [-0.15, -0.1) is 0 Å². The average molecular weight is 494 g/mol. The third-order valence-electron chi connectivity index (χ3n) is 7.53. The highest BCUT2D eigenvalue weighted by Crippen LogP contribution is 2.41. The van der Waals surface area contributed by atoms with Crippen LogP contribution in [0.5, 0.6) is 0 Å². The standard InChI is InChI=1S/C32H23N5O/c1-3-9-20(10-4-1)30-34-31(21-11-5-2-6-12-21)36-32(35-30)37-24-17-18-33-19-23(24)28-25(37)15-16-27-29(28)22-13-7-8-14-26(22)38-27/h1-6,9-12,15-19H,7-8,13-14H2. The first-order valence-corrected chi connectivity index (χ1v) is 13.0. The zero-order chi connectivity index (χ0) is 25.1.